The summed E-state index contributed by atoms with van der Waals surface area (Å²) in [5.74, 6) is 0.208. The van der Waals surface area contributed by atoms with Gasteiger partial charge >= 0.3 is 0 Å². The number of hydrogen-bond acceptors (Lipinski definition) is 3. The third kappa shape index (κ3) is 3.56. The summed E-state index contributed by atoms with van der Waals surface area (Å²) in [7, 11) is 0. The van der Waals surface area contributed by atoms with Crippen LogP contribution in [0.4, 0.5) is 0 Å². The minimum atomic E-state index is -0.179. The number of thiophene rings is 1. The van der Waals surface area contributed by atoms with Crippen molar-refractivity contribution in [3.05, 3.63) is 20.8 Å². The average Bonchev–Trinajstić information content (AvgIpc) is 2.76. The van der Waals surface area contributed by atoms with Crippen molar-refractivity contribution < 1.29 is 4.79 Å². The van der Waals surface area contributed by atoms with Crippen molar-refractivity contribution in [1.29, 1.82) is 0 Å². The van der Waals surface area contributed by atoms with Crippen LogP contribution < -0.4 is 10.6 Å². The zero-order chi connectivity index (χ0) is 13.0. The third-order valence-electron chi connectivity index (χ3n) is 3.54. The number of carbonyl (C=O) groups is 1. The maximum Gasteiger partial charge on any atom is 0.226 e. The number of amides is 1. The predicted octanol–water partition coefficient (Wildman–Crippen LogP) is 2.56. The van der Waals surface area contributed by atoms with E-state index in [1.807, 2.05) is 0 Å². The highest BCUT2D eigenvalue weighted by Gasteiger charge is 2.33. The van der Waals surface area contributed by atoms with E-state index in [0.717, 1.165) is 42.7 Å². The molecule has 3 nitrogen and oxygen atoms in total. The fourth-order valence-corrected chi connectivity index (χ4v) is 3.69. The van der Waals surface area contributed by atoms with Crippen molar-refractivity contribution in [2.45, 2.75) is 26.2 Å². The monoisotopic (exact) mass is 330 g/mol. The van der Waals surface area contributed by atoms with Crippen LogP contribution in [-0.4, -0.2) is 25.5 Å². The Labute approximate surface area is 120 Å². The van der Waals surface area contributed by atoms with Crippen molar-refractivity contribution in [1.82, 2.24) is 10.6 Å². The first-order valence-corrected chi connectivity index (χ1v) is 7.94. The summed E-state index contributed by atoms with van der Waals surface area (Å²) in [5, 5.41) is 6.37. The standard InChI is InChI=1S/C13H19BrN2OS/c1-13(5-8-15-9-6-13)12(17)16-7-4-10-2-3-11(14)18-10/h2-3,15H,4-9H2,1H3,(H,16,17). The van der Waals surface area contributed by atoms with Crippen LogP contribution >= 0.6 is 27.3 Å². The summed E-state index contributed by atoms with van der Waals surface area (Å²) < 4.78 is 1.15. The molecule has 2 N–H and O–H groups in total. The number of nitrogens with one attached hydrogen (secondary N) is 2. The van der Waals surface area contributed by atoms with Gasteiger partial charge in [-0.15, -0.1) is 11.3 Å². The van der Waals surface area contributed by atoms with Crippen LogP contribution in [0.3, 0.4) is 0 Å². The highest BCUT2D eigenvalue weighted by Crippen LogP contribution is 2.28. The van der Waals surface area contributed by atoms with Gasteiger partial charge in [0.05, 0.1) is 3.79 Å². The summed E-state index contributed by atoms with van der Waals surface area (Å²) in [4.78, 5) is 13.5. The summed E-state index contributed by atoms with van der Waals surface area (Å²) in [6.07, 6.45) is 2.78. The van der Waals surface area contributed by atoms with Crippen LogP contribution in [-0.2, 0) is 11.2 Å². The van der Waals surface area contributed by atoms with Gasteiger partial charge in [0, 0.05) is 16.8 Å². The van der Waals surface area contributed by atoms with Crippen molar-refractivity contribution in [2.75, 3.05) is 19.6 Å². The lowest BCUT2D eigenvalue weighted by Gasteiger charge is -2.32. The van der Waals surface area contributed by atoms with Gasteiger partial charge < -0.3 is 10.6 Å². The molecule has 1 saturated heterocycles. The first-order valence-electron chi connectivity index (χ1n) is 6.33. The Bertz CT molecular complexity index is 413. The van der Waals surface area contributed by atoms with E-state index in [2.05, 4.69) is 45.6 Å². The number of piperidine rings is 1. The Morgan fingerprint density at radius 1 is 1.50 bits per heavy atom. The maximum absolute atomic E-state index is 12.2. The zero-order valence-corrected chi connectivity index (χ0v) is 13.0. The van der Waals surface area contributed by atoms with Crippen LogP contribution in [0.1, 0.15) is 24.6 Å². The Morgan fingerprint density at radius 2 is 2.22 bits per heavy atom. The van der Waals surface area contributed by atoms with Crippen molar-refractivity contribution in [2.24, 2.45) is 5.41 Å². The maximum atomic E-state index is 12.2. The van der Waals surface area contributed by atoms with Gasteiger partial charge in [-0.2, -0.15) is 0 Å². The second kappa shape index (κ2) is 6.17. The Hall–Kier alpha value is -0.390. The van der Waals surface area contributed by atoms with Crippen LogP contribution in [0.25, 0.3) is 0 Å². The molecule has 2 heterocycles. The van der Waals surface area contributed by atoms with Crippen LogP contribution in [0.15, 0.2) is 15.9 Å². The van der Waals surface area contributed by atoms with E-state index in [1.54, 1.807) is 11.3 Å². The molecular weight excluding hydrogens is 312 g/mol. The molecule has 0 atom stereocenters. The zero-order valence-electron chi connectivity index (χ0n) is 10.6. The largest absolute Gasteiger partial charge is 0.355 e. The Kier molecular flexibility index (Phi) is 4.81. The molecule has 100 valence electrons. The smallest absolute Gasteiger partial charge is 0.226 e. The molecule has 1 aliphatic heterocycles. The minimum Gasteiger partial charge on any atom is -0.355 e. The van der Waals surface area contributed by atoms with Crippen LogP contribution in [0.5, 0.6) is 0 Å². The molecule has 0 aromatic carbocycles. The van der Waals surface area contributed by atoms with Crippen molar-refractivity contribution >= 4 is 33.2 Å². The van der Waals surface area contributed by atoms with Gasteiger partial charge in [0.2, 0.25) is 5.91 Å². The molecular formula is C13H19BrN2OS. The fourth-order valence-electron chi connectivity index (χ4n) is 2.20. The van der Waals surface area contributed by atoms with Crippen molar-refractivity contribution in [3.63, 3.8) is 0 Å². The summed E-state index contributed by atoms with van der Waals surface area (Å²) >= 11 is 5.18. The number of rotatable bonds is 4. The van der Waals surface area contributed by atoms with Gasteiger partial charge in [0.15, 0.2) is 0 Å². The van der Waals surface area contributed by atoms with E-state index in [9.17, 15) is 4.79 Å². The van der Waals surface area contributed by atoms with Gasteiger partial charge in [0.25, 0.3) is 0 Å². The van der Waals surface area contributed by atoms with Gasteiger partial charge in [-0.25, -0.2) is 0 Å². The highest BCUT2D eigenvalue weighted by atomic mass is 79.9. The minimum absolute atomic E-state index is 0.179. The lowest BCUT2D eigenvalue weighted by molar-refractivity contribution is -0.131. The number of hydrogen-bond donors (Lipinski definition) is 2. The second-order valence-corrected chi connectivity index (χ2v) is 7.57. The van der Waals surface area contributed by atoms with Gasteiger partial charge in [0.1, 0.15) is 0 Å². The molecule has 1 aromatic heterocycles. The molecule has 0 radical (unpaired) electrons. The molecule has 0 unspecified atom stereocenters. The van der Waals surface area contributed by atoms with E-state index < -0.39 is 0 Å². The molecule has 2 rings (SSSR count). The second-order valence-electron chi connectivity index (χ2n) is 5.02. The molecule has 1 aliphatic rings. The predicted molar refractivity (Wildman–Crippen MR) is 78.9 cm³/mol. The van der Waals surface area contributed by atoms with Gasteiger partial charge in [-0.1, -0.05) is 6.92 Å². The van der Waals surface area contributed by atoms with E-state index in [-0.39, 0.29) is 11.3 Å². The SMILES string of the molecule is CC1(C(=O)NCCc2ccc(Br)s2)CCNCC1. The van der Waals surface area contributed by atoms with Crippen LogP contribution in [0.2, 0.25) is 0 Å². The first-order chi connectivity index (χ1) is 8.60. The highest BCUT2D eigenvalue weighted by molar-refractivity contribution is 9.11. The average molecular weight is 331 g/mol. The normalized spacial score (nSPS) is 18.6. The van der Waals surface area contributed by atoms with E-state index in [1.165, 1.54) is 4.88 Å². The molecule has 18 heavy (non-hydrogen) atoms. The van der Waals surface area contributed by atoms with Gasteiger partial charge in [-0.05, 0) is 60.4 Å². The fraction of sp³-hybridized carbons (Fsp3) is 0.615. The molecule has 0 saturated carbocycles. The summed E-state index contributed by atoms with van der Waals surface area (Å²) in [5.41, 5.74) is -0.179. The van der Waals surface area contributed by atoms with E-state index >= 15 is 0 Å². The number of carbonyl (C=O) groups excluding carboxylic acids is 1. The molecule has 0 spiro atoms. The van der Waals surface area contributed by atoms with Crippen molar-refractivity contribution in [3.8, 4) is 0 Å². The Morgan fingerprint density at radius 3 is 2.83 bits per heavy atom. The Balaban J connectivity index is 1.77. The van der Waals surface area contributed by atoms with E-state index in [4.69, 9.17) is 0 Å². The summed E-state index contributed by atoms with van der Waals surface area (Å²) in [6.45, 7) is 4.70. The molecule has 0 bridgehead atoms. The molecule has 1 aromatic rings. The number of halogens is 1. The molecule has 1 amide bonds. The first kappa shape index (κ1) is 14.0. The molecule has 5 heteroatoms. The third-order valence-corrected chi connectivity index (χ3v) is 5.22. The van der Waals surface area contributed by atoms with E-state index in [0.29, 0.717) is 0 Å². The molecule has 0 aliphatic carbocycles. The topological polar surface area (TPSA) is 41.1 Å². The molecule has 1 fully saturated rings. The summed E-state index contributed by atoms with van der Waals surface area (Å²) in [6, 6.07) is 4.16. The quantitative estimate of drug-likeness (QED) is 0.890. The van der Waals surface area contributed by atoms with Gasteiger partial charge in [-0.3, -0.25) is 4.79 Å². The lowest BCUT2D eigenvalue weighted by Crippen LogP contribution is -2.46. The lowest BCUT2D eigenvalue weighted by atomic mass is 9.80. The van der Waals surface area contributed by atoms with Crippen LogP contribution in [0, 0.1) is 5.41 Å².